The van der Waals surface area contributed by atoms with E-state index in [4.69, 9.17) is 0 Å². The van der Waals surface area contributed by atoms with Gasteiger partial charge in [0.15, 0.2) is 0 Å². The zero-order valence-electron chi connectivity index (χ0n) is 15.2. The molecule has 6 nitrogen and oxygen atoms in total. The van der Waals surface area contributed by atoms with Gasteiger partial charge in [0.05, 0.1) is 11.4 Å². The molecule has 1 N–H and O–H groups in total. The van der Waals surface area contributed by atoms with Gasteiger partial charge in [-0.15, -0.1) is 0 Å². The summed E-state index contributed by atoms with van der Waals surface area (Å²) in [5.74, 6) is -0.278. The Bertz CT molecular complexity index is 897. The third-order valence-electron chi connectivity index (χ3n) is 4.96. The second kappa shape index (κ2) is 7.63. The Morgan fingerprint density at radius 1 is 1.12 bits per heavy atom. The summed E-state index contributed by atoms with van der Waals surface area (Å²) in [5.41, 5.74) is 2.46. The van der Waals surface area contributed by atoms with E-state index in [1.54, 1.807) is 18.2 Å². The molecule has 26 heavy (non-hydrogen) atoms. The SMILES string of the molecule is Cc1ccc(CNC(=O)c2cccc(S(=O)(=O)N3CCCCC3)c2)n1C. The van der Waals surface area contributed by atoms with Gasteiger partial charge in [0.1, 0.15) is 0 Å². The number of nitrogens with one attached hydrogen (secondary N) is 1. The maximum Gasteiger partial charge on any atom is 0.251 e. The third-order valence-corrected chi connectivity index (χ3v) is 6.85. The van der Waals surface area contributed by atoms with Crippen LogP contribution in [0, 0.1) is 6.92 Å². The summed E-state index contributed by atoms with van der Waals surface area (Å²) in [4.78, 5) is 12.6. The molecule has 140 valence electrons. The van der Waals surface area contributed by atoms with E-state index >= 15 is 0 Å². The zero-order chi connectivity index (χ0) is 18.7. The van der Waals surface area contributed by atoms with Crippen molar-refractivity contribution in [2.75, 3.05) is 13.1 Å². The first-order valence-electron chi connectivity index (χ1n) is 8.89. The number of amides is 1. The van der Waals surface area contributed by atoms with Gasteiger partial charge < -0.3 is 9.88 Å². The van der Waals surface area contributed by atoms with Crippen LogP contribution in [-0.2, 0) is 23.6 Å². The summed E-state index contributed by atoms with van der Waals surface area (Å²) in [6.45, 7) is 3.49. The molecular formula is C19H25N3O3S. The molecule has 0 unspecified atom stereocenters. The van der Waals surface area contributed by atoms with Crippen molar-refractivity contribution in [1.29, 1.82) is 0 Å². The van der Waals surface area contributed by atoms with Crippen molar-refractivity contribution >= 4 is 15.9 Å². The van der Waals surface area contributed by atoms with Crippen LogP contribution in [0.2, 0.25) is 0 Å². The number of carbonyl (C=O) groups is 1. The van der Waals surface area contributed by atoms with Crippen LogP contribution in [0.25, 0.3) is 0 Å². The van der Waals surface area contributed by atoms with Crippen LogP contribution < -0.4 is 5.32 Å². The average molecular weight is 375 g/mol. The van der Waals surface area contributed by atoms with Gasteiger partial charge in [0.25, 0.3) is 5.91 Å². The molecule has 0 radical (unpaired) electrons. The van der Waals surface area contributed by atoms with Crippen LogP contribution in [0.5, 0.6) is 0 Å². The minimum Gasteiger partial charge on any atom is -0.350 e. The molecule has 1 aliphatic rings. The van der Waals surface area contributed by atoms with Crippen molar-refractivity contribution < 1.29 is 13.2 Å². The molecule has 0 bridgehead atoms. The van der Waals surface area contributed by atoms with E-state index in [0.717, 1.165) is 30.7 Å². The number of benzene rings is 1. The van der Waals surface area contributed by atoms with Gasteiger partial charge in [-0.25, -0.2) is 8.42 Å². The van der Waals surface area contributed by atoms with E-state index in [9.17, 15) is 13.2 Å². The molecule has 1 saturated heterocycles. The highest BCUT2D eigenvalue weighted by atomic mass is 32.2. The van der Waals surface area contributed by atoms with E-state index in [1.807, 2.05) is 30.7 Å². The molecular weight excluding hydrogens is 350 g/mol. The number of piperidine rings is 1. The number of carbonyl (C=O) groups excluding carboxylic acids is 1. The predicted octanol–water partition coefficient (Wildman–Crippen LogP) is 2.44. The number of hydrogen-bond donors (Lipinski definition) is 1. The molecule has 2 aromatic rings. The lowest BCUT2D eigenvalue weighted by atomic mass is 10.2. The van der Waals surface area contributed by atoms with Crippen molar-refractivity contribution in [3.05, 3.63) is 53.3 Å². The van der Waals surface area contributed by atoms with Crippen molar-refractivity contribution in [3.8, 4) is 0 Å². The first kappa shape index (κ1) is 18.7. The fourth-order valence-corrected chi connectivity index (χ4v) is 4.73. The van der Waals surface area contributed by atoms with E-state index < -0.39 is 10.0 Å². The first-order valence-corrected chi connectivity index (χ1v) is 10.3. The van der Waals surface area contributed by atoms with Gasteiger partial charge in [-0.1, -0.05) is 12.5 Å². The third kappa shape index (κ3) is 3.83. The van der Waals surface area contributed by atoms with Crippen LogP contribution in [0.15, 0.2) is 41.3 Å². The van der Waals surface area contributed by atoms with Crippen molar-refractivity contribution in [1.82, 2.24) is 14.2 Å². The van der Waals surface area contributed by atoms with Gasteiger partial charge in [0.2, 0.25) is 10.0 Å². The summed E-state index contributed by atoms with van der Waals surface area (Å²) in [7, 11) is -1.59. The second-order valence-electron chi connectivity index (χ2n) is 6.70. The summed E-state index contributed by atoms with van der Waals surface area (Å²) >= 11 is 0. The fourth-order valence-electron chi connectivity index (χ4n) is 3.17. The van der Waals surface area contributed by atoms with Crippen molar-refractivity contribution in [2.24, 2.45) is 7.05 Å². The summed E-state index contributed by atoms with van der Waals surface area (Å²) in [6, 6.07) is 10.2. The standard InChI is InChI=1S/C19H25N3O3S/c1-15-9-10-17(21(15)2)14-20-19(23)16-7-6-8-18(13-16)26(24,25)22-11-4-3-5-12-22/h6-10,13H,3-5,11-12,14H2,1-2H3,(H,20,23). The number of hydrogen-bond acceptors (Lipinski definition) is 3. The molecule has 1 amide bonds. The predicted molar refractivity (Wildman–Crippen MR) is 100 cm³/mol. The van der Waals surface area contributed by atoms with Gasteiger partial charge in [0, 0.05) is 37.1 Å². The Balaban J connectivity index is 1.74. The first-order chi connectivity index (χ1) is 12.4. The van der Waals surface area contributed by atoms with Crippen molar-refractivity contribution in [2.45, 2.75) is 37.6 Å². The number of nitrogens with zero attached hydrogens (tertiary/aromatic N) is 2. The Kier molecular flexibility index (Phi) is 5.48. The van der Waals surface area contributed by atoms with E-state index in [2.05, 4.69) is 5.32 Å². The monoisotopic (exact) mass is 375 g/mol. The van der Waals surface area contributed by atoms with Crippen molar-refractivity contribution in [3.63, 3.8) is 0 Å². The lowest BCUT2D eigenvalue weighted by molar-refractivity contribution is 0.0950. The lowest BCUT2D eigenvalue weighted by Gasteiger charge is -2.26. The highest BCUT2D eigenvalue weighted by Gasteiger charge is 2.26. The van der Waals surface area contributed by atoms with E-state index in [-0.39, 0.29) is 10.8 Å². The Morgan fingerprint density at radius 3 is 2.50 bits per heavy atom. The maximum absolute atomic E-state index is 12.8. The minimum absolute atomic E-state index is 0.182. The largest absolute Gasteiger partial charge is 0.350 e. The molecule has 2 heterocycles. The smallest absolute Gasteiger partial charge is 0.251 e. The zero-order valence-corrected chi connectivity index (χ0v) is 16.1. The normalized spacial score (nSPS) is 15.8. The van der Waals surface area contributed by atoms with Crippen LogP contribution in [0.1, 0.15) is 41.0 Å². The van der Waals surface area contributed by atoms with Crippen LogP contribution in [0.3, 0.4) is 0 Å². The molecule has 1 aromatic carbocycles. The summed E-state index contributed by atoms with van der Waals surface area (Å²) < 4.78 is 29.1. The van der Waals surface area contributed by atoms with E-state index in [0.29, 0.717) is 25.2 Å². The number of sulfonamides is 1. The summed E-state index contributed by atoms with van der Waals surface area (Å²) in [6.07, 6.45) is 2.83. The number of rotatable bonds is 5. The van der Waals surface area contributed by atoms with Gasteiger partial charge >= 0.3 is 0 Å². The quantitative estimate of drug-likeness (QED) is 0.872. The van der Waals surface area contributed by atoms with Crippen LogP contribution >= 0.6 is 0 Å². The molecule has 0 saturated carbocycles. The Morgan fingerprint density at radius 2 is 1.85 bits per heavy atom. The minimum atomic E-state index is -3.54. The number of aromatic nitrogens is 1. The molecule has 1 aliphatic heterocycles. The van der Waals surface area contributed by atoms with Crippen LogP contribution in [-0.4, -0.2) is 36.3 Å². The van der Waals surface area contributed by atoms with Gasteiger partial charge in [-0.3, -0.25) is 4.79 Å². The van der Waals surface area contributed by atoms with E-state index in [1.165, 1.54) is 10.4 Å². The second-order valence-corrected chi connectivity index (χ2v) is 8.64. The Hall–Kier alpha value is -2.12. The summed E-state index contributed by atoms with van der Waals surface area (Å²) in [5, 5.41) is 2.86. The van der Waals surface area contributed by atoms with Gasteiger partial charge in [-0.05, 0) is 50.1 Å². The Labute approximate surface area is 154 Å². The molecule has 0 atom stereocenters. The highest BCUT2D eigenvalue weighted by molar-refractivity contribution is 7.89. The topological polar surface area (TPSA) is 71.4 Å². The molecule has 1 aromatic heterocycles. The van der Waals surface area contributed by atoms with Crippen LogP contribution in [0.4, 0.5) is 0 Å². The lowest BCUT2D eigenvalue weighted by Crippen LogP contribution is -2.35. The maximum atomic E-state index is 12.8. The molecule has 3 rings (SSSR count). The highest BCUT2D eigenvalue weighted by Crippen LogP contribution is 2.21. The average Bonchev–Trinajstić information content (AvgIpc) is 2.99. The number of aryl methyl sites for hydroxylation is 1. The molecule has 0 spiro atoms. The molecule has 0 aliphatic carbocycles. The molecule has 7 heteroatoms. The van der Waals surface area contributed by atoms with Gasteiger partial charge in [-0.2, -0.15) is 4.31 Å². The molecule has 1 fully saturated rings. The fraction of sp³-hybridized carbons (Fsp3) is 0.421.